The molecular weight excluding hydrogens is 608 g/mol. The van der Waals surface area contributed by atoms with Crippen LogP contribution in [0.3, 0.4) is 0 Å². The maximum absolute atomic E-state index is 12.4. The van der Waals surface area contributed by atoms with Crippen molar-refractivity contribution in [3.8, 4) is 0 Å². The first kappa shape index (κ1) is 46.8. The van der Waals surface area contributed by atoms with Crippen LogP contribution in [0.25, 0.3) is 0 Å². The topological polar surface area (TPSA) is 132 Å². The molecule has 0 N–H and O–H groups in total. The van der Waals surface area contributed by atoms with Crippen molar-refractivity contribution >= 4 is 26.0 Å². The first-order valence-corrected chi connectivity index (χ1v) is 18.8. The van der Waals surface area contributed by atoms with Crippen molar-refractivity contribution in [2.75, 3.05) is 40.0 Å². The number of phosphoric acid groups is 1. The van der Waals surface area contributed by atoms with Gasteiger partial charge in [-0.3, -0.25) is 14.2 Å². The van der Waals surface area contributed by atoms with Crippen LogP contribution in [0.5, 0.6) is 0 Å². The van der Waals surface area contributed by atoms with Crippen LogP contribution in [0.1, 0.15) is 149 Å². The average Bonchev–Trinajstić information content (AvgIpc) is 3.00. The summed E-state index contributed by atoms with van der Waals surface area (Å²) in [6.07, 6.45) is 20.7. The van der Waals surface area contributed by atoms with Crippen molar-refractivity contribution in [3.05, 3.63) is 0 Å². The van der Waals surface area contributed by atoms with Gasteiger partial charge >= 0.3 is 41.5 Å². The number of carbonyl (C=O) groups is 3. The SMILES string of the molecule is CCCCCCCCCCCCCCCC(=O)OCC(COP(=O)([O-])OCCN(C)CC)OC(=O)CCCCCCCC=O.[Na+]. The Hall–Kier alpha value is -0.320. The summed E-state index contributed by atoms with van der Waals surface area (Å²) in [6.45, 7) is 4.51. The van der Waals surface area contributed by atoms with Crippen LogP contribution in [0.15, 0.2) is 0 Å². The number of unbranched alkanes of at least 4 members (excludes halogenated alkanes) is 17. The number of hydrogen-bond acceptors (Lipinski definition) is 10. The third kappa shape index (κ3) is 33.4. The van der Waals surface area contributed by atoms with Gasteiger partial charge in [-0.1, -0.05) is 110 Å². The van der Waals surface area contributed by atoms with Crippen molar-refractivity contribution in [2.45, 2.75) is 155 Å². The first-order chi connectivity index (χ1) is 21.2. The van der Waals surface area contributed by atoms with Crippen molar-refractivity contribution < 1.29 is 71.9 Å². The summed E-state index contributed by atoms with van der Waals surface area (Å²) >= 11 is 0. The van der Waals surface area contributed by atoms with Gasteiger partial charge in [0.1, 0.15) is 12.9 Å². The van der Waals surface area contributed by atoms with Gasteiger partial charge in [0.2, 0.25) is 0 Å². The number of aldehydes is 1. The fourth-order valence-corrected chi connectivity index (χ4v) is 5.34. The van der Waals surface area contributed by atoms with E-state index >= 15 is 0 Å². The minimum atomic E-state index is -4.62. The molecular formula is C33H63NNaO9P. The van der Waals surface area contributed by atoms with Crippen LogP contribution in [-0.4, -0.2) is 69.2 Å². The number of ether oxygens (including phenoxy) is 2. The van der Waals surface area contributed by atoms with E-state index < -0.39 is 32.5 Å². The Morgan fingerprint density at radius 3 is 1.73 bits per heavy atom. The molecule has 0 saturated carbocycles. The Bertz CT molecular complexity index is 760. The molecule has 0 rings (SSSR count). The molecule has 0 spiro atoms. The molecule has 2 unspecified atom stereocenters. The zero-order valence-electron chi connectivity index (χ0n) is 29.1. The first-order valence-electron chi connectivity index (χ1n) is 17.3. The molecule has 2 atom stereocenters. The third-order valence-electron chi connectivity index (χ3n) is 7.60. The van der Waals surface area contributed by atoms with Crippen LogP contribution in [0.2, 0.25) is 0 Å². The van der Waals surface area contributed by atoms with E-state index in [0.717, 1.165) is 57.8 Å². The molecule has 0 heterocycles. The Morgan fingerprint density at radius 2 is 1.22 bits per heavy atom. The van der Waals surface area contributed by atoms with Crippen LogP contribution >= 0.6 is 7.82 Å². The number of esters is 2. The molecule has 0 bridgehead atoms. The Kier molecular flexibility index (Phi) is 34.9. The maximum atomic E-state index is 12.4. The predicted octanol–water partition coefficient (Wildman–Crippen LogP) is 4.31. The number of rotatable bonds is 33. The van der Waals surface area contributed by atoms with Gasteiger partial charge in [0.15, 0.2) is 6.10 Å². The van der Waals surface area contributed by atoms with E-state index in [2.05, 4.69) is 6.92 Å². The Morgan fingerprint density at radius 1 is 0.733 bits per heavy atom. The standard InChI is InChI=1S/C33H64NO9P.Na/c1-4-6-7-8-9-10-11-12-13-14-15-18-21-24-32(36)40-29-31(30-42-44(38,39)41-28-26-34(3)5-2)43-33(37)25-22-19-16-17-20-23-27-35;/h27,31H,4-26,28-30H2,1-3H3,(H,38,39);/q;+1/p-1. The summed E-state index contributed by atoms with van der Waals surface area (Å²) in [4.78, 5) is 49.2. The fraction of sp³-hybridized carbons (Fsp3) is 0.909. The molecule has 0 aliphatic carbocycles. The maximum Gasteiger partial charge on any atom is 1.00 e. The summed E-state index contributed by atoms with van der Waals surface area (Å²) in [5.74, 6) is -0.918. The smallest absolute Gasteiger partial charge is 0.756 e. The van der Waals surface area contributed by atoms with Gasteiger partial charge in [0.05, 0.1) is 13.2 Å². The summed E-state index contributed by atoms with van der Waals surface area (Å²) in [5, 5.41) is 0. The van der Waals surface area contributed by atoms with E-state index in [9.17, 15) is 23.8 Å². The van der Waals surface area contributed by atoms with Crippen LogP contribution in [-0.2, 0) is 37.5 Å². The molecule has 0 aromatic heterocycles. The van der Waals surface area contributed by atoms with Crippen molar-refractivity contribution in [1.29, 1.82) is 0 Å². The molecule has 10 nitrogen and oxygen atoms in total. The molecule has 0 aromatic rings. The molecule has 0 aliphatic rings. The minimum absolute atomic E-state index is 0. The van der Waals surface area contributed by atoms with Gasteiger partial charge in [-0.25, -0.2) is 0 Å². The van der Waals surface area contributed by atoms with Gasteiger partial charge in [-0.15, -0.1) is 0 Å². The van der Waals surface area contributed by atoms with E-state index in [0.29, 0.717) is 19.4 Å². The van der Waals surface area contributed by atoms with Gasteiger partial charge in [0, 0.05) is 25.8 Å². The van der Waals surface area contributed by atoms with Gasteiger partial charge < -0.3 is 33.1 Å². The molecule has 0 amide bonds. The largest absolute Gasteiger partial charge is 1.00 e. The number of hydrogen-bond donors (Lipinski definition) is 0. The number of carbonyl (C=O) groups excluding carboxylic acids is 3. The fourth-order valence-electron chi connectivity index (χ4n) is 4.61. The summed E-state index contributed by atoms with van der Waals surface area (Å²) in [7, 11) is -2.78. The average molecular weight is 672 g/mol. The third-order valence-corrected chi connectivity index (χ3v) is 8.56. The van der Waals surface area contributed by atoms with E-state index in [4.69, 9.17) is 18.5 Å². The zero-order chi connectivity index (χ0) is 32.7. The second-order valence-corrected chi connectivity index (χ2v) is 13.1. The number of likely N-dealkylation sites (N-methyl/N-ethyl adjacent to an activating group) is 1. The van der Waals surface area contributed by atoms with E-state index in [1.165, 1.54) is 64.2 Å². The van der Waals surface area contributed by atoms with Gasteiger partial charge in [-0.05, 0) is 32.9 Å². The van der Waals surface area contributed by atoms with E-state index in [1.54, 1.807) is 0 Å². The quantitative estimate of drug-likeness (QED) is 0.0327. The van der Waals surface area contributed by atoms with Crippen LogP contribution in [0.4, 0.5) is 0 Å². The number of phosphoric ester groups is 1. The molecule has 0 saturated heterocycles. The minimum Gasteiger partial charge on any atom is -0.756 e. The van der Waals surface area contributed by atoms with E-state index in [-0.39, 0.29) is 55.6 Å². The molecule has 0 aromatic carbocycles. The predicted molar refractivity (Wildman–Crippen MR) is 172 cm³/mol. The molecule has 260 valence electrons. The molecule has 12 heteroatoms. The Labute approximate surface area is 296 Å². The molecule has 0 fully saturated rings. The van der Waals surface area contributed by atoms with Crippen molar-refractivity contribution in [2.24, 2.45) is 0 Å². The molecule has 0 aliphatic heterocycles. The summed E-state index contributed by atoms with van der Waals surface area (Å²) < 4.78 is 32.8. The molecule has 45 heavy (non-hydrogen) atoms. The van der Waals surface area contributed by atoms with Crippen molar-refractivity contribution in [1.82, 2.24) is 4.90 Å². The molecule has 0 radical (unpaired) electrons. The number of nitrogens with zero attached hydrogens (tertiary/aromatic N) is 1. The van der Waals surface area contributed by atoms with Gasteiger partial charge in [0.25, 0.3) is 7.82 Å². The Balaban J connectivity index is 0. The van der Waals surface area contributed by atoms with Gasteiger partial charge in [-0.2, -0.15) is 0 Å². The van der Waals surface area contributed by atoms with Crippen molar-refractivity contribution in [3.63, 3.8) is 0 Å². The zero-order valence-corrected chi connectivity index (χ0v) is 32.0. The van der Waals surface area contributed by atoms with Crippen LogP contribution < -0.4 is 34.5 Å². The van der Waals surface area contributed by atoms with Crippen LogP contribution in [0, 0.1) is 0 Å². The summed E-state index contributed by atoms with van der Waals surface area (Å²) in [6, 6.07) is 0. The normalized spacial score (nSPS) is 13.2. The monoisotopic (exact) mass is 671 g/mol. The second kappa shape index (κ2) is 33.6. The van der Waals surface area contributed by atoms with E-state index in [1.807, 2.05) is 18.9 Å². The second-order valence-electron chi connectivity index (χ2n) is 11.7. The summed E-state index contributed by atoms with van der Waals surface area (Å²) in [5.41, 5.74) is 0.